The molecule has 2 heterocycles. The highest BCUT2D eigenvalue weighted by Crippen LogP contribution is 2.37. The summed E-state index contributed by atoms with van der Waals surface area (Å²) in [4.78, 5) is 30.6. The van der Waals surface area contributed by atoms with Gasteiger partial charge < -0.3 is 9.72 Å². The first kappa shape index (κ1) is 16.6. The molecule has 0 bridgehead atoms. The molecule has 0 aliphatic rings. The molecule has 0 aliphatic heterocycles. The maximum absolute atomic E-state index is 12.5. The van der Waals surface area contributed by atoms with E-state index in [1.165, 1.54) is 7.11 Å². The Bertz CT molecular complexity index is 891. The Hall–Kier alpha value is -3.22. The van der Waals surface area contributed by atoms with Crippen molar-refractivity contribution < 1.29 is 14.5 Å². The van der Waals surface area contributed by atoms with Gasteiger partial charge in [0.05, 0.1) is 18.9 Å². The monoisotopic (exact) mass is 339 g/mol. The predicted octanol–water partition coefficient (Wildman–Crippen LogP) is 2.88. The van der Waals surface area contributed by atoms with Crippen molar-refractivity contribution in [1.29, 1.82) is 0 Å². The summed E-state index contributed by atoms with van der Waals surface area (Å²) in [5.74, 6) is -2.02. The van der Waals surface area contributed by atoms with Gasteiger partial charge in [-0.1, -0.05) is 24.3 Å². The Morgan fingerprint density at radius 1 is 1.32 bits per heavy atom. The number of pyridine rings is 1. The molecular formula is C18H17N3O4. The number of fused-ring (bicyclic) bond motifs is 1. The van der Waals surface area contributed by atoms with E-state index in [0.29, 0.717) is 11.1 Å². The molecule has 25 heavy (non-hydrogen) atoms. The molecule has 0 amide bonds. The molecule has 1 aromatic carbocycles. The van der Waals surface area contributed by atoms with Crippen molar-refractivity contribution in [2.24, 2.45) is 0 Å². The normalized spacial score (nSPS) is 13.3. The molecule has 7 nitrogen and oxygen atoms in total. The van der Waals surface area contributed by atoms with Gasteiger partial charge in [-0.25, -0.2) is 0 Å². The van der Waals surface area contributed by atoms with Crippen molar-refractivity contribution >= 4 is 16.9 Å². The Kier molecular flexibility index (Phi) is 4.74. The lowest BCUT2D eigenvalue weighted by atomic mass is 9.81. The summed E-state index contributed by atoms with van der Waals surface area (Å²) in [6.07, 6.45) is 4.86. The van der Waals surface area contributed by atoms with Crippen LogP contribution >= 0.6 is 0 Å². The standard InChI is InChI=1S/C18H17N3O4/c1-25-18(22)17(12-5-4-8-19-9-12)15(11-21(23)24)14-10-20-16-7-3-2-6-13(14)16/h2-10,15,17,20H,11H2,1H3. The van der Waals surface area contributed by atoms with Gasteiger partial charge in [0.25, 0.3) is 0 Å². The SMILES string of the molecule is COC(=O)C(c1cccnc1)C(C[N+](=O)[O-])c1c[nH]c2ccccc12. The molecule has 2 aromatic heterocycles. The van der Waals surface area contributed by atoms with Gasteiger partial charge in [-0.15, -0.1) is 0 Å². The van der Waals surface area contributed by atoms with Gasteiger partial charge >= 0.3 is 5.97 Å². The van der Waals surface area contributed by atoms with E-state index in [4.69, 9.17) is 4.74 Å². The lowest BCUT2D eigenvalue weighted by Crippen LogP contribution is -2.27. The van der Waals surface area contributed by atoms with Crippen LogP contribution in [0.1, 0.15) is 23.0 Å². The van der Waals surface area contributed by atoms with Crippen molar-refractivity contribution in [3.05, 3.63) is 76.2 Å². The highest BCUT2D eigenvalue weighted by atomic mass is 16.6. The molecule has 0 spiro atoms. The molecule has 128 valence electrons. The summed E-state index contributed by atoms with van der Waals surface area (Å²) in [5, 5.41) is 12.2. The summed E-state index contributed by atoms with van der Waals surface area (Å²) < 4.78 is 4.94. The minimum atomic E-state index is -0.816. The van der Waals surface area contributed by atoms with Crippen LogP contribution in [-0.2, 0) is 9.53 Å². The molecule has 0 saturated carbocycles. The highest BCUT2D eigenvalue weighted by Gasteiger charge is 2.37. The van der Waals surface area contributed by atoms with Gasteiger partial charge in [-0.3, -0.25) is 19.9 Å². The van der Waals surface area contributed by atoms with Crippen LogP contribution in [0.3, 0.4) is 0 Å². The number of aromatic nitrogens is 2. The van der Waals surface area contributed by atoms with Crippen LogP contribution in [0.4, 0.5) is 0 Å². The Labute approximate surface area is 143 Å². The fraction of sp³-hybridized carbons (Fsp3) is 0.222. The molecule has 2 unspecified atom stereocenters. The number of carbonyl (C=O) groups is 1. The largest absolute Gasteiger partial charge is 0.469 e. The second-order valence-corrected chi connectivity index (χ2v) is 5.70. The zero-order valence-electron chi connectivity index (χ0n) is 13.6. The second kappa shape index (κ2) is 7.12. The van der Waals surface area contributed by atoms with E-state index < -0.39 is 29.3 Å². The number of nitrogens with zero attached hydrogens (tertiary/aromatic N) is 2. The van der Waals surface area contributed by atoms with Crippen LogP contribution in [0.15, 0.2) is 55.0 Å². The Morgan fingerprint density at radius 2 is 2.12 bits per heavy atom. The average Bonchev–Trinajstić information content (AvgIpc) is 3.05. The maximum atomic E-state index is 12.5. The molecule has 0 saturated heterocycles. The number of rotatable bonds is 6. The van der Waals surface area contributed by atoms with Crippen LogP contribution in [0.5, 0.6) is 0 Å². The molecule has 0 aliphatic carbocycles. The minimum Gasteiger partial charge on any atom is -0.469 e. The van der Waals surface area contributed by atoms with E-state index in [1.807, 2.05) is 24.3 Å². The fourth-order valence-corrected chi connectivity index (χ4v) is 3.16. The third-order valence-corrected chi connectivity index (χ3v) is 4.27. The van der Waals surface area contributed by atoms with Crippen molar-refractivity contribution in [3.63, 3.8) is 0 Å². The van der Waals surface area contributed by atoms with Gasteiger partial charge in [0.2, 0.25) is 6.54 Å². The molecule has 7 heteroatoms. The summed E-state index contributed by atoms with van der Waals surface area (Å²) >= 11 is 0. The van der Waals surface area contributed by atoms with Gasteiger partial charge in [-0.05, 0) is 23.3 Å². The number of aromatic amines is 1. The number of nitro groups is 1. The number of H-pyrrole nitrogens is 1. The smallest absolute Gasteiger partial charge is 0.314 e. The van der Waals surface area contributed by atoms with Crippen LogP contribution in [0.25, 0.3) is 10.9 Å². The Balaban J connectivity index is 2.15. The van der Waals surface area contributed by atoms with Crippen LogP contribution in [0, 0.1) is 10.1 Å². The predicted molar refractivity (Wildman–Crippen MR) is 91.9 cm³/mol. The summed E-state index contributed by atoms with van der Waals surface area (Å²) in [7, 11) is 1.28. The number of esters is 1. The quantitative estimate of drug-likeness (QED) is 0.423. The van der Waals surface area contributed by atoms with Crippen LogP contribution in [0.2, 0.25) is 0 Å². The number of benzene rings is 1. The van der Waals surface area contributed by atoms with Gasteiger partial charge in [-0.2, -0.15) is 0 Å². The number of nitrogens with one attached hydrogen (secondary N) is 1. The number of methoxy groups -OCH3 is 1. The third kappa shape index (κ3) is 3.35. The van der Waals surface area contributed by atoms with Gasteiger partial charge in [0, 0.05) is 34.4 Å². The first-order valence-electron chi connectivity index (χ1n) is 7.77. The lowest BCUT2D eigenvalue weighted by Gasteiger charge is -2.22. The van der Waals surface area contributed by atoms with E-state index in [2.05, 4.69) is 9.97 Å². The number of hydrogen-bond donors (Lipinski definition) is 1. The molecule has 0 radical (unpaired) electrons. The van der Waals surface area contributed by atoms with E-state index in [0.717, 1.165) is 10.9 Å². The molecule has 2 atom stereocenters. The van der Waals surface area contributed by atoms with Crippen molar-refractivity contribution in [2.45, 2.75) is 11.8 Å². The second-order valence-electron chi connectivity index (χ2n) is 5.70. The summed E-state index contributed by atoms with van der Waals surface area (Å²) in [5.41, 5.74) is 2.17. The average molecular weight is 339 g/mol. The van der Waals surface area contributed by atoms with E-state index in [9.17, 15) is 14.9 Å². The van der Waals surface area contributed by atoms with Crippen LogP contribution < -0.4 is 0 Å². The number of hydrogen-bond acceptors (Lipinski definition) is 5. The van der Waals surface area contributed by atoms with Crippen molar-refractivity contribution in [2.75, 3.05) is 13.7 Å². The highest BCUT2D eigenvalue weighted by molar-refractivity contribution is 5.86. The van der Waals surface area contributed by atoms with E-state index in [1.54, 1.807) is 30.7 Å². The number of carbonyl (C=O) groups excluding carboxylic acids is 1. The molecule has 3 rings (SSSR count). The molecule has 0 fully saturated rings. The van der Waals surface area contributed by atoms with Crippen molar-refractivity contribution in [3.8, 4) is 0 Å². The molecule has 1 N–H and O–H groups in total. The number of para-hydroxylation sites is 1. The molecular weight excluding hydrogens is 322 g/mol. The first-order chi connectivity index (χ1) is 12.1. The molecule has 3 aromatic rings. The third-order valence-electron chi connectivity index (χ3n) is 4.27. The minimum absolute atomic E-state index is 0.392. The lowest BCUT2D eigenvalue weighted by molar-refractivity contribution is -0.483. The topological polar surface area (TPSA) is 98.1 Å². The van der Waals surface area contributed by atoms with Crippen LogP contribution in [-0.4, -0.2) is 34.5 Å². The van der Waals surface area contributed by atoms with Crippen molar-refractivity contribution in [1.82, 2.24) is 9.97 Å². The summed E-state index contributed by atoms with van der Waals surface area (Å²) in [6.45, 7) is -0.392. The van der Waals surface area contributed by atoms with E-state index >= 15 is 0 Å². The zero-order chi connectivity index (χ0) is 17.8. The Morgan fingerprint density at radius 3 is 2.80 bits per heavy atom. The zero-order valence-corrected chi connectivity index (χ0v) is 13.6. The van der Waals surface area contributed by atoms with Gasteiger partial charge in [0.15, 0.2) is 0 Å². The maximum Gasteiger partial charge on any atom is 0.314 e. The van der Waals surface area contributed by atoms with Gasteiger partial charge in [0.1, 0.15) is 0 Å². The fourth-order valence-electron chi connectivity index (χ4n) is 3.16. The summed E-state index contributed by atoms with van der Waals surface area (Å²) in [6, 6.07) is 10.9. The first-order valence-corrected chi connectivity index (χ1v) is 7.77. The van der Waals surface area contributed by atoms with E-state index in [-0.39, 0.29) is 0 Å². The number of ether oxygens (including phenoxy) is 1.